The summed E-state index contributed by atoms with van der Waals surface area (Å²) in [5, 5.41) is 0.212. The van der Waals surface area contributed by atoms with Gasteiger partial charge in [0.15, 0.2) is 5.16 Å². The first kappa shape index (κ1) is 7.28. The molecule has 1 radical (unpaired) electrons. The molecule has 1 aliphatic heterocycles. The molecule has 0 aromatic heterocycles. The summed E-state index contributed by atoms with van der Waals surface area (Å²) in [6.45, 7) is 0.612. The summed E-state index contributed by atoms with van der Waals surface area (Å²) in [5.41, 5.74) is 0.323. The zero-order valence-electron chi connectivity index (χ0n) is 5.47. The van der Waals surface area contributed by atoms with Crippen molar-refractivity contribution in [3.63, 3.8) is 0 Å². The summed E-state index contributed by atoms with van der Waals surface area (Å²) >= 11 is 5.56. The van der Waals surface area contributed by atoms with Crippen molar-refractivity contribution < 1.29 is 4.79 Å². The Balaban J connectivity index is 2.94. The van der Waals surface area contributed by atoms with Gasteiger partial charge in [-0.2, -0.15) is 0 Å². The van der Waals surface area contributed by atoms with E-state index in [9.17, 15) is 4.79 Å². The van der Waals surface area contributed by atoms with Gasteiger partial charge in [-0.15, -0.1) is 0 Å². The Hall–Kier alpha value is -0.830. The number of carbonyl (C=O) groups excluding carboxylic acids is 1. The smallest absolute Gasteiger partial charge is 0.254 e. The van der Waals surface area contributed by atoms with Crippen LogP contribution in [0.3, 0.4) is 0 Å². The highest BCUT2D eigenvalue weighted by Crippen LogP contribution is 2.14. The molecule has 0 amide bonds. The monoisotopic (exact) mass is 157 g/mol. The molecule has 10 heavy (non-hydrogen) atoms. The van der Waals surface area contributed by atoms with Crippen LogP contribution < -0.4 is 0 Å². The van der Waals surface area contributed by atoms with Crippen LogP contribution in [0.25, 0.3) is 0 Å². The van der Waals surface area contributed by atoms with Crippen molar-refractivity contribution in [3.05, 3.63) is 10.9 Å². The third kappa shape index (κ3) is 1.19. The predicted molar refractivity (Wildman–Crippen MR) is 39.7 cm³/mol. The van der Waals surface area contributed by atoms with Gasteiger partial charge < -0.3 is 4.90 Å². The molecule has 3 nitrogen and oxygen atoms in total. The highest BCUT2D eigenvalue weighted by molar-refractivity contribution is 6.31. The van der Waals surface area contributed by atoms with Crippen molar-refractivity contribution in [2.24, 2.45) is 4.99 Å². The fraction of sp³-hybridized carbons (Fsp3) is 0.333. The molecule has 0 aromatic carbocycles. The largest absolute Gasteiger partial charge is 0.364 e. The van der Waals surface area contributed by atoms with Crippen LogP contribution in [0.1, 0.15) is 0 Å². The highest BCUT2D eigenvalue weighted by atomic mass is 35.5. The molecule has 0 N–H and O–H groups in total. The molecule has 4 heteroatoms. The lowest BCUT2D eigenvalue weighted by Gasteiger charge is -2.18. The Morgan fingerprint density at radius 1 is 1.90 bits per heavy atom. The third-order valence-corrected chi connectivity index (χ3v) is 1.51. The molecule has 0 unspecified atom stereocenters. The van der Waals surface area contributed by atoms with E-state index < -0.39 is 0 Å². The standard InChI is InChI=1S/C6H6ClN2O/c1-9-3-2-8-6(7)5(9)4-10/h2H,3H2,1H3. The molecule has 0 saturated heterocycles. The minimum absolute atomic E-state index is 0.212. The van der Waals surface area contributed by atoms with E-state index in [1.165, 1.54) is 0 Å². The molecular formula is C6H6ClN2O. The van der Waals surface area contributed by atoms with E-state index in [2.05, 4.69) is 4.99 Å². The van der Waals surface area contributed by atoms with Crippen LogP contribution >= 0.6 is 11.6 Å². The molecule has 0 aromatic rings. The van der Waals surface area contributed by atoms with Crippen molar-refractivity contribution >= 4 is 24.1 Å². The number of hydrogen-bond acceptors (Lipinski definition) is 3. The first-order valence-electron chi connectivity index (χ1n) is 2.77. The first-order valence-corrected chi connectivity index (χ1v) is 3.15. The van der Waals surface area contributed by atoms with Crippen molar-refractivity contribution in [2.75, 3.05) is 13.6 Å². The van der Waals surface area contributed by atoms with Crippen LogP contribution in [0.2, 0.25) is 0 Å². The third-order valence-electron chi connectivity index (χ3n) is 1.23. The lowest BCUT2D eigenvalue weighted by molar-refractivity contribution is 0.476. The normalized spacial score (nSPS) is 18.0. The summed E-state index contributed by atoms with van der Waals surface area (Å²) in [4.78, 5) is 15.6. The lowest BCUT2D eigenvalue weighted by atomic mass is 10.4. The quantitative estimate of drug-likeness (QED) is 0.520. The van der Waals surface area contributed by atoms with Crippen LogP contribution in [-0.4, -0.2) is 31.0 Å². The van der Waals surface area contributed by atoms with Crippen molar-refractivity contribution in [1.82, 2.24) is 4.90 Å². The summed E-state index contributed by atoms with van der Waals surface area (Å²) < 4.78 is 0. The molecule has 0 fully saturated rings. The zero-order chi connectivity index (χ0) is 7.56. The molecule has 1 aliphatic rings. The van der Waals surface area contributed by atoms with Gasteiger partial charge in [0.05, 0.1) is 6.54 Å². The van der Waals surface area contributed by atoms with Gasteiger partial charge in [-0.25, -0.2) is 4.99 Å². The van der Waals surface area contributed by atoms with E-state index in [0.717, 1.165) is 0 Å². The van der Waals surface area contributed by atoms with Crippen LogP contribution in [0, 0.1) is 0 Å². The molecule has 0 atom stereocenters. The number of rotatable bonds is 1. The second-order valence-corrected chi connectivity index (χ2v) is 2.29. The average molecular weight is 158 g/mol. The van der Waals surface area contributed by atoms with Gasteiger partial charge in [0.1, 0.15) is 5.70 Å². The molecule has 1 heterocycles. The van der Waals surface area contributed by atoms with Gasteiger partial charge in [0, 0.05) is 13.3 Å². The van der Waals surface area contributed by atoms with Crippen LogP contribution in [0.5, 0.6) is 0 Å². The van der Waals surface area contributed by atoms with E-state index in [-0.39, 0.29) is 5.16 Å². The van der Waals surface area contributed by atoms with Crippen LogP contribution in [0.4, 0.5) is 0 Å². The number of allylic oxidation sites excluding steroid dienone is 1. The second kappa shape index (κ2) is 2.84. The predicted octanol–water partition coefficient (Wildman–Crippen LogP) is 0.520. The molecule has 0 saturated carbocycles. The number of halogens is 1. The molecule has 0 aliphatic carbocycles. The van der Waals surface area contributed by atoms with Crippen LogP contribution in [-0.2, 0) is 4.79 Å². The van der Waals surface area contributed by atoms with E-state index in [4.69, 9.17) is 11.6 Å². The maximum absolute atomic E-state index is 10.2. The van der Waals surface area contributed by atoms with E-state index in [1.807, 2.05) is 0 Å². The maximum atomic E-state index is 10.2. The topological polar surface area (TPSA) is 32.7 Å². The van der Waals surface area contributed by atoms with Gasteiger partial charge in [-0.3, -0.25) is 4.79 Å². The number of likely N-dealkylation sites (N-methyl/N-ethyl adjacent to an activating group) is 1. The summed E-state index contributed by atoms with van der Waals surface area (Å²) in [6.07, 6.45) is 3.36. The SMILES string of the molecule is CN1CC=NC(Cl)=C1[C]=O. The van der Waals surface area contributed by atoms with Gasteiger partial charge >= 0.3 is 0 Å². The van der Waals surface area contributed by atoms with Crippen molar-refractivity contribution in [3.8, 4) is 0 Å². The zero-order valence-corrected chi connectivity index (χ0v) is 6.22. The second-order valence-electron chi connectivity index (χ2n) is 1.93. The van der Waals surface area contributed by atoms with E-state index in [0.29, 0.717) is 12.2 Å². The fourth-order valence-corrected chi connectivity index (χ4v) is 0.925. The Kier molecular flexibility index (Phi) is 2.06. The van der Waals surface area contributed by atoms with Gasteiger partial charge in [0.25, 0.3) is 6.29 Å². The van der Waals surface area contributed by atoms with Crippen molar-refractivity contribution in [2.45, 2.75) is 0 Å². The van der Waals surface area contributed by atoms with Crippen molar-refractivity contribution in [1.29, 1.82) is 0 Å². The van der Waals surface area contributed by atoms with E-state index >= 15 is 0 Å². The van der Waals surface area contributed by atoms with Gasteiger partial charge in [-0.1, -0.05) is 11.6 Å². The summed E-state index contributed by atoms with van der Waals surface area (Å²) in [6, 6.07) is 0. The highest BCUT2D eigenvalue weighted by Gasteiger charge is 2.11. The lowest BCUT2D eigenvalue weighted by Crippen LogP contribution is -2.24. The summed E-state index contributed by atoms with van der Waals surface area (Å²) in [5.74, 6) is 0. The molecule has 1 rings (SSSR count). The maximum Gasteiger partial charge on any atom is 0.254 e. The number of hydrogen-bond donors (Lipinski definition) is 0. The van der Waals surface area contributed by atoms with Gasteiger partial charge in [0.2, 0.25) is 0 Å². The average Bonchev–Trinajstić information content (AvgIpc) is 1.88. The molecular weight excluding hydrogens is 152 g/mol. The fourth-order valence-electron chi connectivity index (χ4n) is 0.673. The number of nitrogens with zero attached hydrogens (tertiary/aromatic N) is 2. The first-order chi connectivity index (χ1) is 4.75. The minimum atomic E-state index is 0.212. The Bertz CT molecular complexity index is 210. The number of aliphatic imine (C=N–C) groups is 1. The summed E-state index contributed by atoms with van der Waals surface area (Å²) in [7, 11) is 1.76. The van der Waals surface area contributed by atoms with E-state index in [1.54, 1.807) is 24.4 Å². The molecule has 0 bridgehead atoms. The van der Waals surface area contributed by atoms with Gasteiger partial charge in [-0.05, 0) is 0 Å². The Labute approximate surface area is 64.0 Å². The molecule has 53 valence electrons. The van der Waals surface area contributed by atoms with Crippen LogP contribution in [0.15, 0.2) is 15.8 Å². The Morgan fingerprint density at radius 2 is 2.60 bits per heavy atom. The Morgan fingerprint density at radius 3 is 3.00 bits per heavy atom. The minimum Gasteiger partial charge on any atom is -0.364 e. The molecule has 0 spiro atoms.